The van der Waals surface area contributed by atoms with E-state index >= 15 is 0 Å². The predicted octanol–water partition coefficient (Wildman–Crippen LogP) is 0.127. The molecule has 0 aromatic rings. The van der Waals surface area contributed by atoms with Crippen LogP contribution >= 0.6 is 0 Å². The summed E-state index contributed by atoms with van der Waals surface area (Å²) in [5, 5.41) is 18.2. The van der Waals surface area contributed by atoms with Crippen LogP contribution < -0.4 is 0 Å². The third-order valence-corrected chi connectivity index (χ3v) is 2.41. The Labute approximate surface area is 89.0 Å². The van der Waals surface area contributed by atoms with Crippen LogP contribution in [0.15, 0.2) is 12.7 Å². The molecule has 0 aromatic heterocycles. The third kappa shape index (κ3) is 3.21. The van der Waals surface area contributed by atoms with Gasteiger partial charge in [0, 0.05) is 12.6 Å². The van der Waals surface area contributed by atoms with Crippen LogP contribution in [0.4, 0.5) is 4.79 Å². The van der Waals surface area contributed by atoms with E-state index < -0.39 is 12.2 Å². The number of carbonyl (C=O) groups is 1. The molecule has 1 rings (SSSR count). The maximum atomic E-state index is 11.5. The first-order valence-electron chi connectivity index (χ1n) is 5.02. The monoisotopic (exact) mass is 215 g/mol. The van der Waals surface area contributed by atoms with Gasteiger partial charge in [0.15, 0.2) is 0 Å². The Morgan fingerprint density at radius 2 is 2.40 bits per heavy atom. The Bertz CT molecular complexity index is 231. The Balaban J connectivity index is 2.49. The highest BCUT2D eigenvalue weighted by Gasteiger charge is 2.34. The Kier molecular flexibility index (Phi) is 4.58. The molecular formula is C10H17NO4. The van der Waals surface area contributed by atoms with Gasteiger partial charge >= 0.3 is 6.09 Å². The molecule has 2 atom stereocenters. The smallest absolute Gasteiger partial charge is 0.410 e. The van der Waals surface area contributed by atoms with Crippen molar-refractivity contribution in [2.75, 3.05) is 19.8 Å². The molecule has 0 saturated carbocycles. The summed E-state index contributed by atoms with van der Waals surface area (Å²) in [6.07, 6.45) is 1.50. The zero-order valence-electron chi connectivity index (χ0n) is 8.63. The van der Waals surface area contributed by atoms with E-state index in [0.717, 1.165) is 0 Å². The van der Waals surface area contributed by atoms with Crippen molar-refractivity contribution in [3.05, 3.63) is 12.7 Å². The molecule has 2 N–H and O–H groups in total. The van der Waals surface area contributed by atoms with Crippen LogP contribution in [0.3, 0.4) is 0 Å². The number of aliphatic hydroxyl groups is 2. The first-order chi connectivity index (χ1) is 7.19. The van der Waals surface area contributed by atoms with Crippen molar-refractivity contribution in [1.82, 2.24) is 4.90 Å². The number of aliphatic hydroxyl groups excluding tert-OH is 2. The summed E-state index contributed by atoms with van der Waals surface area (Å²) in [4.78, 5) is 13.0. The molecule has 0 radical (unpaired) electrons. The summed E-state index contributed by atoms with van der Waals surface area (Å²) < 4.78 is 4.88. The van der Waals surface area contributed by atoms with Crippen molar-refractivity contribution in [2.45, 2.75) is 25.0 Å². The van der Waals surface area contributed by atoms with Crippen molar-refractivity contribution >= 4 is 6.09 Å². The summed E-state index contributed by atoms with van der Waals surface area (Å²) in [6, 6.07) is -0.123. The summed E-state index contributed by atoms with van der Waals surface area (Å²) in [5.41, 5.74) is 0. The number of hydrogen-bond donors (Lipinski definition) is 2. The molecule has 0 aromatic carbocycles. The van der Waals surface area contributed by atoms with Crippen LogP contribution in [-0.2, 0) is 4.74 Å². The van der Waals surface area contributed by atoms with Gasteiger partial charge in [0.1, 0.15) is 6.61 Å². The topological polar surface area (TPSA) is 70.0 Å². The predicted molar refractivity (Wildman–Crippen MR) is 54.4 cm³/mol. The molecule has 1 saturated heterocycles. The van der Waals surface area contributed by atoms with Crippen LogP contribution in [0.2, 0.25) is 0 Å². The number of hydrogen-bond acceptors (Lipinski definition) is 4. The van der Waals surface area contributed by atoms with Gasteiger partial charge in [0.05, 0.1) is 12.6 Å². The number of carbonyl (C=O) groups excluding carboxylic acids is 1. The molecule has 15 heavy (non-hydrogen) atoms. The highest BCUT2D eigenvalue weighted by molar-refractivity contribution is 5.68. The van der Waals surface area contributed by atoms with E-state index in [1.54, 1.807) is 0 Å². The van der Waals surface area contributed by atoms with Gasteiger partial charge in [0.2, 0.25) is 0 Å². The van der Waals surface area contributed by atoms with Crippen LogP contribution in [-0.4, -0.2) is 53.1 Å². The van der Waals surface area contributed by atoms with Crippen molar-refractivity contribution in [2.24, 2.45) is 0 Å². The lowest BCUT2D eigenvalue weighted by atomic mass is 10.1. The van der Waals surface area contributed by atoms with Crippen molar-refractivity contribution in [3.63, 3.8) is 0 Å². The second-order valence-corrected chi connectivity index (χ2v) is 3.57. The SMILES string of the molecule is C=CCOC(=O)N1C[C@H](O)C[C@H]1CCO. The standard InChI is InChI=1S/C10H17NO4/c1-2-5-15-10(14)11-7-9(13)6-8(11)3-4-12/h2,8-9,12-13H,1,3-7H2/t8-,9-/m1/s1. The second-order valence-electron chi connectivity index (χ2n) is 3.57. The van der Waals surface area contributed by atoms with Crippen molar-refractivity contribution in [1.29, 1.82) is 0 Å². The fraction of sp³-hybridized carbons (Fsp3) is 0.700. The van der Waals surface area contributed by atoms with Gasteiger partial charge in [-0.1, -0.05) is 12.7 Å². The average molecular weight is 215 g/mol. The number of nitrogens with zero attached hydrogens (tertiary/aromatic N) is 1. The van der Waals surface area contributed by atoms with Crippen molar-refractivity contribution in [3.8, 4) is 0 Å². The molecule has 0 bridgehead atoms. The minimum atomic E-state index is -0.516. The first-order valence-corrected chi connectivity index (χ1v) is 5.02. The molecule has 5 heteroatoms. The quantitative estimate of drug-likeness (QED) is 0.654. The van der Waals surface area contributed by atoms with E-state index in [0.29, 0.717) is 12.8 Å². The Morgan fingerprint density at radius 1 is 1.67 bits per heavy atom. The van der Waals surface area contributed by atoms with Gasteiger partial charge in [-0.3, -0.25) is 0 Å². The molecule has 5 nitrogen and oxygen atoms in total. The van der Waals surface area contributed by atoms with Crippen molar-refractivity contribution < 1.29 is 19.7 Å². The van der Waals surface area contributed by atoms with Gasteiger partial charge in [-0.25, -0.2) is 4.79 Å². The maximum Gasteiger partial charge on any atom is 0.410 e. The van der Waals surface area contributed by atoms with E-state index in [2.05, 4.69) is 6.58 Å². The van der Waals surface area contributed by atoms with Crippen LogP contribution in [0.1, 0.15) is 12.8 Å². The number of β-amino-alcohol motifs (C(OH)–C–C–N with tert-alkyl or cyclic N) is 1. The second kappa shape index (κ2) is 5.72. The molecule has 0 unspecified atom stereocenters. The lowest BCUT2D eigenvalue weighted by Crippen LogP contribution is -2.37. The number of likely N-dealkylation sites (tertiary alicyclic amines) is 1. The van der Waals surface area contributed by atoms with Crippen LogP contribution in [0.25, 0.3) is 0 Å². The maximum absolute atomic E-state index is 11.5. The molecule has 1 fully saturated rings. The fourth-order valence-corrected chi connectivity index (χ4v) is 1.75. The van der Waals surface area contributed by atoms with Gasteiger partial charge in [-0.15, -0.1) is 0 Å². The molecule has 0 spiro atoms. The summed E-state index contributed by atoms with van der Waals surface area (Å²) in [5.74, 6) is 0. The molecule has 1 heterocycles. The highest BCUT2D eigenvalue weighted by atomic mass is 16.6. The summed E-state index contributed by atoms with van der Waals surface area (Å²) >= 11 is 0. The van der Waals surface area contributed by atoms with Crippen LogP contribution in [0, 0.1) is 0 Å². The van der Waals surface area contributed by atoms with E-state index in [-0.39, 0.29) is 25.8 Å². The molecule has 1 amide bonds. The normalized spacial score (nSPS) is 25.3. The fourth-order valence-electron chi connectivity index (χ4n) is 1.75. The van der Waals surface area contributed by atoms with E-state index in [1.807, 2.05) is 0 Å². The van der Waals surface area contributed by atoms with Gasteiger partial charge in [-0.2, -0.15) is 0 Å². The first kappa shape index (κ1) is 12.0. The number of amides is 1. The summed E-state index contributed by atoms with van der Waals surface area (Å²) in [7, 11) is 0. The highest BCUT2D eigenvalue weighted by Crippen LogP contribution is 2.21. The van der Waals surface area contributed by atoms with E-state index in [1.165, 1.54) is 11.0 Å². The Hall–Kier alpha value is -1.07. The lowest BCUT2D eigenvalue weighted by molar-refractivity contribution is 0.0979. The third-order valence-electron chi connectivity index (χ3n) is 2.41. The number of rotatable bonds is 4. The largest absolute Gasteiger partial charge is 0.445 e. The van der Waals surface area contributed by atoms with Gasteiger partial charge < -0.3 is 19.8 Å². The van der Waals surface area contributed by atoms with Gasteiger partial charge in [-0.05, 0) is 12.8 Å². The summed E-state index contributed by atoms with van der Waals surface area (Å²) in [6.45, 7) is 3.89. The molecule has 1 aliphatic rings. The molecule has 0 aliphatic carbocycles. The minimum absolute atomic E-state index is 0.00260. The molecule has 1 aliphatic heterocycles. The zero-order valence-corrected chi connectivity index (χ0v) is 8.63. The minimum Gasteiger partial charge on any atom is -0.445 e. The van der Waals surface area contributed by atoms with E-state index in [9.17, 15) is 9.90 Å². The number of ether oxygens (including phenoxy) is 1. The van der Waals surface area contributed by atoms with E-state index in [4.69, 9.17) is 9.84 Å². The zero-order chi connectivity index (χ0) is 11.3. The molecular weight excluding hydrogens is 198 g/mol. The van der Waals surface area contributed by atoms with Crippen LogP contribution in [0.5, 0.6) is 0 Å². The average Bonchev–Trinajstić information content (AvgIpc) is 2.57. The van der Waals surface area contributed by atoms with Gasteiger partial charge in [0.25, 0.3) is 0 Å². The molecule has 86 valence electrons. The lowest BCUT2D eigenvalue weighted by Gasteiger charge is -2.22. The Morgan fingerprint density at radius 3 is 3.00 bits per heavy atom.